The molecular weight excluding hydrogens is 300 g/mol. The number of nitrogens with zero attached hydrogens (tertiary/aromatic N) is 2. The third-order valence-electron chi connectivity index (χ3n) is 4.17. The van der Waals surface area contributed by atoms with E-state index in [2.05, 4.69) is 5.10 Å². The zero-order valence-electron chi connectivity index (χ0n) is 12.6. The number of aryl methyl sites for hydroxylation is 1. The summed E-state index contributed by atoms with van der Waals surface area (Å²) in [4.78, 5) is 12.0. The number of carbonyl (C=O) groups is 1. The van der Waals surface area contributed by atoms with E-state index >= 15 is 0 Å². The topological polar surface area (TPSA) is 44.1 Å². The van der Waals surface area contributed by atoms with Gasteiger partial charge in [-0.3, -0.25) is 4.79 Å². The lowest BCUT2D eigenvalue weighted by Crippen LogP contribution is -2.14. The first-order valence-electron chi connectivity index (χ1n) is 7.63. The number of hydrogen-bond acceptors (Lipinski definition) is 3. The fourth-order valence-corrected chi connectivity index (χ4v) is 3.18. The molecule has 4 nitrogen and oxygen atoms in total. The van der Waals surface area contributed by atoms with Crippen molar-refractivity contribution in [3.63, 3.8) is 0 Å². The first-order valence-corrected chi connectivity index (χ1v) is 8.00. The summed E-state index contributed by atoms with van der Waals surface area (Å²) < 4.78 is 7.12. The van der Waals surface area contributed by atoms with E-state index in [9.17, 15) is 4.79 Å². The molecule has 116 valence electrons. The Bertz CT molecular complexity index is 661. The van der Waals surface area contributed by atoms with Crippen molar-refractivity contribution in [2.75, 3.05) is 0 Å². The van der Waals surface area contributed by atoms with E-state index in [-0.39, 0.29) is 18.5 Å². The molecule has 5 heteroatoms. The second-order valence-electron chi connectivity index (χ2n) is 5.69. The molecule has 22 heavy (non-hydrogen) atoms. The van der Waals surface area contributed by atoms with E-state index in [4.69, 9.17) is 16.3 Å². The van der Waals surface area contributed by atoms with E-state index in [0.29, 0.717) is 5.15 Å². The number of ether oxygens (including phenoxy) is 1. The van der Waals surface area contributed by atoms with Crippen molar-refractivity contribution < 1.29 is 9.53 Å². The smallest absolute Gasteiger partial charge is 0.309 e. The lowest BCUT2D eigenvalue weighted by molar-refractivity contribution is -0.149. The van der Waals surface area contributed by atoms with E-state index in [1.165, 1.54) is 0 Å². The average molecular weight is 319 g/mol. The van der Waals surface area contributed by atoms with E-state index in [0.717, 1.165) is 42.6 Å². The van der Waals surface area contributed by atoms with Gasteiger partial charge in [-0.25, -0.2) is 4.68 Å². The lowest BCUT2D eigenvalue weighted by Gasteiger charge is -2.09. The summed E-state index contributed by atoms with van der Waals surface area (Å²) in [6.45, 7) is 2.07. The number of carbonyl (C=O) groups excluding carboxylic acids is 1. The average Bonchev–Trinajstić information content (AvgIpc) is 3.15. The van der Waals surface area contributed by atoms with Crippen LogP contribution >= 0.6 is 11.6 Å². The van der Waals surface area contributed by atoms with Crippen molar-refractivity contribution in [3.05, 3.63) is 46.7 Å². The maximum absolute atomic E-state index is 12.0. The van der Waals surface area contributed by atoms with Crippen LogP contribution < -0.4 is 0 Å². The molecular formula is C17H19ClN2O2. The molecule has 1 fully saturated rings. The van der Waals surface area contributed by atoms with E-state index < -0.39 is 0 Å². The maximum Gasteiger partial charge on any atom is 0.309 e. The number of hydrogen-bond donors (Lipinski definition) is 0. The lowest BCUT2D eigenvalue weighted by atomic mass is 10.1. The zero-order valence-corrected chi connectivity index (χ0v) is 13.3. The highest BCUT2D eigenvalue weighted by Gasteiger charge is 2.25. The third kappa shape index (κ3) is 3.02. The van der Waals surface area contributed by atoms with Crippen molar-refractivity contribution >= 4 is 17.6 Å². The summed E-state index contributed by atoms with van der Waals surface area (Å²) in [6, 6.07) is 9.68. The van der Waals surface area contributed by atoms with Crippen LogP contribution in [-0.4, -0.2) is 15.7 Å². The molecule has 0 bridgehead atoms. The number of para-hydroxylation sites is 1. The van der Waals surface area contributed by atoms with Gasteiger partial charge < -0.3 is 4.74 Å². The molecule has 0 aliphatic heterocycles. The van der Waals surface area contributed by atoms with Gasteiger partial charge >= 0.3 is 5.97 Å². The van der Waals surface area contributed by atoms with Gasteiger partial charge in [-0.2, -0.15) is 5.10 Å². The second kappa shape index (κ2) is 6.53. The summed E-state index contributed by atoms with van der Waals surface area (Å²) in [5, 5.41) is 4.95. The van der Waals surface area contributed by atoms with Crippen LogP contribution in [0.15, 0.2) is 30.3 Å². The molecule has 0 amide bonds. The van der Waals surface area contributed by atoms with Gasteiger partial charge in [0.2, 0.25) is 0 Å². The molecule has 1 heterocycles. The van der Waals surface area contributed by atoms with Gasteiger partial charge in [-0.1, -0.05) is 42.6 Å². The first-order chi connectivity index (χ1) is 10.7. The minimum Gasteiger partial charge on any atom is -0.460 e. The highest BCUT2D eigenvalue weighted by Crippen LogP contribution is 2.28. The summed E-state index contributed by atoms with van der Waals surface area (Å²) in [6.07, 6.45) is 4.11. The van der Waals surface area contributed by atoms with Crippen molar-refractivity contribution in [2.45, 2.75) is 39.2 Å². The van der Waals surface area contributed by atoms with Crippen LogP contribution in [0, 0.1) is 12.8 Å². The normalized spacial score (nSPS) is 15.2. The summed E-state index contributed by atoms with van der Waals surface area (Å²) in [7, 11) is 0. The molecule has 0 atom stereocenters. The van der Waals surface area contributed by atoms with Crippen molar-refractivity contribution in [2.24, 2.45) is 5.92 Å². The number of aromatic nitrogens is 2. The summed E-state index contributed by atoms with van der Waals surface area (Å²) in [5.41, 5.74) is 2.45. The van der Waals surface area contributed by atoms with Crippen LogP contribution in [0.5, 0.6) is 0 Å². The molecule has 3 rings (SSSR count). The van der Waals surface area contributed by atoms with Crippen molar-refractivity contribution in [1.82, 2.24) is 9.78 Å². The van der Waals surface area contributed by atoms with Crippen molar-refractivity contribution in [1.29, 1.82) is 0 Å². The quantitative estimate of drug-likeness (QED) is 0.798. The Hall–Kier alpha value is -1.81. The van der Waals surface area contributed by atoms with Crippen LogP contribution in [-0.2, 0) is 16.1 Å². The minimum absolute atomic E-state index is 0.0586. The SMILES string of the molecule is Cc1nn(-c2ccccc2)c(Cl)c1COC(=O)C1CCCC1. The molecule has 1 saturated carbocycles. The van der Waals surface area contributed by atoms with E-state index in [1.54, 1.807) is 4.68 Å². The predicted molar refractivity (Wildman–Crippen MR) is 85.1 cm³/mol. The van der Waals surface area contributed by atoms with Gasteiger partial charge in [0, 0.05) is 5.56 Å². The predicted octanol–water partition coefficient (Wildman–Crippen LogP) is 4.07. The fraction of sp³-hybridized carbons (Fsp3) is 0.412. The highest BCUT2D eigenvalue weighted by atomic mass is 35.5. The zero-order chi connectivity index (χ0) is 15.5. The molecule has 2 aromatic rings. The van der Waals surface area contributed by atoms with Crippen molar-refractivity contribution in [3.8, 4) is 5.69 Å². The molecule has 1 aromatic heterocycles. The monoisotopic (exact) mass is 318 g/mol. The van der Waals surface area contributed by atoms with Gasteiger partial charge in [-0.05, 0) is 31.9 Å². The molecule has 1 aliphatic rings. The maximum atomic E-state index is 12.0. The van der Waals surface area contributed by atoms with Crippen LogP contribution in [0.1, 0.15) is 36.9 Å². The summed E-state index contributed by atoms with van der Waals surface area (Å²) >= 11 is 6.42. The number of benzene rings is 1. The van der Waals surface area contributed by atoms with E-state index in [1.807, 2.05) is 37.3 Å². The Balaban J connectivity index is 1.74. The molecule has 0 N–H and O–H groups in total. The fourth-order valence-electron chi connectivity index (χ4n) is 2.86. The largest absolute Gasteiger partial charge is 0.460 e. The Morgan fingerprint density at radius 2 is 2.00 bits per heavy atom. The Morgan fingerprint density at radius 3 is 2.68 bits per heavy atom. The van der Waals surface area contributed by atoms with Crippen LogP contribution in [0.4, 0.5) is 0 Å². The number of esters is 1. The Kier molecular flexibility index (Phi) is 4.48. The molecule has 1 aliphatic carbocycles. The second-order valence-corrected chi connectivity index (χ2v) is 6.05. The molecule has 0 unspecified atom stereocenters. The molecule has 0 saturated heterocycles. The third-order valence-corrected chi connectivity index (χ3v) is 4.56. The molecule has 1 aromatic carbocycles. The number of halogens is 1. The summed E-state index contributed by atoms with van der Waals surface area (Å²) in [5.74, 6) is -0.0522. The minimum atomic E-state index is -0.111. The van der Waals surface area contributed by atoms with Gasteiger partial charge in [0.1, 0.15) is 11.8 Å². The molecule has 0 radical (unpaired) electrons. The van der Waals surface area contributed by atoms with Gasteiger partial charge in [0.15, 0.2) is 0 Å². The first kappa shape index (κ1) is 15.1. The molecule has 0 spiro atoms. The Morgan fingerprint density at radius 1 is 1.32 bits per heavy atom. The van der Waals surface area contributed by atoms with Gasteiger partial charge in [-0.15, -0.1) is 0 Å². The van der Waals surface area contributed by atoms with Crippen LogP contribution in [0.2, 0.25) is 5.15 Å². The van der Waals surface area contributed by atoms with Crippen LogP contribution in [0.3, 0.4) is 0 Å². The van der Waals surface area contributed by atoms with Gasteiger partial charge in [0.05, 0.1) is 17.3 Å². The highest BCUT2D eigenvalue weighted by molar-refractivity contribution is 6.30. The number of rotatable bonds is 4. The van der Waals surface area contributed by atoms with Crippen LogP contribution in [0.25, 0.3) is 5.69 Å². The standard InChI is InChI=1S/C17H19ClN2O2/c1-12-15(11-22-17(21)13-7-5-6-8-13)16(18)20(19-12)14-9-3-2-4-10-14/h2-4,9-10,13H,5-8,11H2,1H3. The van der Waals surface area contributed by atoms with Gasteiger partial charge in [0.25, 0.3) is 0 Å². The Labute approximate surface area is 135 Å².